The van der Waals surface area contributed by atoms with E-state index in [1.54, 1.807) is 0 Å². The molecular formula is C22H19N3. The lowest BCUT2D eigenvalue weighted by Crippen LogP contribution is -1.99. The molecule has 2 aromatic carbocycles. The Morgan fingerprint density at radius 3 is 2.52 bits per heavy atom. The number of pyridine rings is 1. The van der Waals surface area contributed by atoms with Crippen molar-refractivity contribution >= 4 is 32.8 Å². The Hall–Kier alpha value is -3.07. The standard InChI is InChI=1S/C22H19N3/c1-14(2)15-11-12-23-20(13-15)25-19-10-6-4-8-17(19)21-16-7-3-5-9-18(16)24-22(21)25/h3-14,24H,1-2H3. The van der Waals surface area contributed by atoms with Gasteiger partial charge in [0.1, 0.15) is 11.5 Å². The van der Waals surface area contributed by atoms with Crippen molar-refractivity contribution in [3.05, 3.63) is 72.4 Å². The third-order valence-electron chi connectivity index (χ3n) is 4.99. The number of rotatable bonds is 2. The maximum Gasteiger partial charge on any atom is 0.138 e. The maximum absolute atomic E-state index is 4.68. The van der Waals surface area contributed by atoms with Gasteiger partial charge in [0.25, 0.3) is 0 Å². The molecule has 0 radical (unpaired) electrons. The van der Waals surface area contributed by atoms with Gasteiger partial charge in [-0.2, -0.15) is 0 Å². The highest BCUT2D eigenvalue weighted by Crippen LogP contribution is 2.36. The highest BCUT2D eigenvalue weighted by Gasteiger charge is 2.17. The van der Waals surface area contributed by atoms with Crippen molar-refractivity contribution in [1.29, 1.82) is 0 Å². The van der Waals surface area contributed by atoms with Gasteiger partial charge in [-0.05, 0) is 35.7 Å². The predicted molar refractivity (Wildman–Crippen MR) is 105 cm³/mol. The van der Waals surface area contributed by atoms with Crippen molar-refractivity contribution < 1.29 is 0 Å². The Kier molecular flexibility index (Phi) is 2.98. The van der Waals surface area contributed by atoms with E-state index in [-0.39, 0.29) is 0 Å². The molecule has 0 aliphatic carbocycles. The molecule has 5 rings (SSSR count). The highest BCUT2D eigenvalue weighted by molar-refractivity contribution is 6.21. The van der Waals surface area contributed by atoms with Crippen LogP contribution in [0.25, 0.3) is 38.7 Å². The van der Waals surface area contributed by atoms with E-state index < -0.39 is 0 Å². The van der Waals surface area contributed by atoms with E-state index in [1.807, 2.05) is 6.20 Å². The number of hydrogen-bond acceptors (Lipinski definition) is 1. The lowest BCUT2D eigenvalue weighted by molar-refractivity contribution is 0.858. The summed E-state index contributed by atoms with van der Waals surface area (Å²) in [6.07, 6.45) is 1.91. The first-order chi connectivity index (χ1) is 12.2. The lowest BCUT2D eigenvalue weighted by atomic mass is 10.1. The minimum atomic E-state index is 0.474. The van der Waals surface area contributed by atoms with Gasteiger partial charge < -0.3 is 4.98 Å². The first-order valence-electron chi connectivity index (χ1n) is 8.70. The van der Waals surface area contributed by atoms with Crippen LogP contribution in [0.3, 0.4) is 0 Å². The van der Waals surface area contributed by atoms with Crippen LogP contribution in [0.15, 0.2) is 66.9 Å². The van der Waals surface area contributed by atoms with Crippen LogP contribution in [0.2, 0.25) is 0 Å². The molecule has 0 spiro atoms. The molecule has 3 nitrogen and oxygen atoms in total. The Morgan fingerprint density at radius 1 is 0.920 bits per heavy atom. The van der Waals surface area contributed by atoms with Gasteiger partial charge in [-0.1, -0.05) is 50.2 Å². The maximum atomic E-state index is 4.68. The van der Waals surface area contributed by atoms with E-state index in [0.29, 0.717) is 5.92 Å². The summed E-state index contributed by atoms with van der Waals surface area (Å²) in [5.74, 6) is 1.44. The van der Waals surface area contributed by atoms with Gasteiger partial charge in [0, 0.05) is 27.9 Å². The molecule has 0 aliphatic heterocycles. The number of nitrogens with one attached hydrogen (secondary N) is 1. The SMILES string of the molecule is CC(C)c1ccnc(-n2c3ccccc3c3c4ccccc4[nH]c32)c1. The number of hydrogen-bond donors (Lipinski definition) is 1. The predicted octanol–water partition coefficient (Wildman–Crippen LogP) is 5.78. The number of para-hydroxylation sites is 2. The van der Waals surface area contributed by atoms with E-state index in [2.05, 4.69) is 89.0 Å². The molecule has 3 aromatic heterocycles. The fourth-order valence-electron chi connectivity index (χ4n) is 3.72. The van der Waals surface area contributed by atoms with Crippen LogP contribution in [0, 0.1) is 0 Å². The molecule has 0 unspecified atom stereocenters. The van der Waals surface area contributed by atoms with Crippen molar-refractivity contribution in [2.75, 3.05) is 0 Å². The smallest absolute Gasteiger partial charge is 0.138 e. The van der Waals surface area contributed by atoms with E-state index >= 15 is 0 Å². The summed E-state index contributed by atoms with van der Waals surface area (Å²) in [5.41, 5.74) is 4.75. The molecule has 122 valence electrons. The average Bonchev–Trinajstić information content (AvgIpc) is 3.16. The Morgan fingerprint density at radius 2 is 1.68 bits per heavy atom. The summed E-state index contributed by atoms with van der Waals surface area (Å²) in [5, 5.41) is 3.78. The molecule has 5 aromatic rings. The molecule has 3 heterocycles. The van der Waals surface area contributed by atoms with Gasteiger partial charge in [0.2, 0.25) is 0 Å². The number of benzene rings is 2. The number of aromatic amines is 1. The van der Waals surface area contributed by atoms with E-state index in [9.17, 15) is 0 Å². The summed E-state index contributed by atoms with van der Waals surface area (Å²) in [6, 6.07) is 21.3. The van der Waals surface area contributed by atoms with Gasteiger partial charge >= 0.3 is 0 Å². The fraction of sp³-hybridized carbons (Fsp3) is 0.136. The second-order valence-electron chi connectivity index (χ2n) is 6.85. The summed E-state index contributed by atoms with van der Waals surface area (Å²) >= 11 is 0. The third-order valence-corrected chi connectivity index (χ3v) is 4.99. The number of aromatic nitrogens is 3. The molecule has 0 fully saturated rings. The van der Waals surface area contributed by atoms with Crippen LogP contribution in [-0.4, -0.2) is 14.5 Å². The van der Waals surface area contributed by atoms with Gasteiger partial charge in [0.15, 0.2) is 0 Å². The van der Waals surface area contributed by atoms with E-state index in [1.165, 1.54) is 27.2 Å². The van der Waals surface area contributed by atoms with Crippen LogP contribution in [0.4, 0.5) is 0 Å². The van der Waals surface area contributed by atoms with Crippen LogP contribution < -0.4 is 0 Å². The second-order valence-corrected chi connectivity index (χ2v) is 6.85. The van der Waals surface area contributed by atoms with Crippen molar-refractivity contribution in [3.63, 3.8) is 0 Å². The van der Waals surface area contributed by atoms with Gasteiger partial charge in [-0.3, -0.25) is 4.57 Å². The summed E-state index contributed by atoms with van der Waals surface area (Å²) in [4.78, 5) is 8.28. The van der Waals surface area contributed by atoms with E-state index in [4.69, 9.17) is 0 Å². The lowest BCUT2D eigenvalue weighted by Gasteiger charge is -2.10. The minimum absolute atomic E-state index is 0.474. The second kappa shape index (κ2) is 5.21. The minimum Gasteiger partial charge on any atom is -0.340 e. The van der Waals surface area contributed by atoms with Crippen molar-refractivity contribution in [2.45, 2.75) is 19.8 Å². The zero-order chi connectivity index (χ0) is 17.0. The summed E-state index contributed by atoms with van der Waals surface area (Å²) < 4.78 is 2.25. The third kappa shape index (κ3) is 2.02. The number of nitrogens with zero attached hydrogens (tertiary/aromatic N) is 2. The molecule has 1 N–H and O–H groups in total. The summed E-state index contributed by atoms with van der Waals surface area (Å²) in [7, 11) is 0. The quantitative estimate of drug-likeness (QED) is 0.438. The first-order valence-corrected chi connectivity index (χ1v) is 8.70. The largest absolute Gasteiger partial charge is 0.340 e. The molecule has 0 bridgehead atoms. The zero-order valence-electron chi connectivity index (χ0n) is 14.3. The molecule has 0 amide bonds. The van der Waals surface area contributed by atoms with Gasteiger partial charge in [-0.25, -0.2) is 4.98 Å². The topological polar surface area (TPSA) is 33.6 Å². The first kappa shape index (κ1) is 14.3. The highest BCUT2D eigenvalue weighted by atomic mass is 15.1. The average molecular weight is 325 g/mol. The van der Waals surface area contributed by atoms with Crippen LogP contribution in [0.1, 0.15) is 25.3 Å². The van der Waals surface area contributed by atoms with Crippen molar-refractivity contribution in [1.82, 2.24) is 14.5 Å². The Labute approximate surface area is 145 Å². The van der Waals surface area contributed by atoms with Crippen LogP contribution in [-0.2, 0) is 0 Å². The van der Waals surface area contributed by atoms with Crippen LogP contribution in [0.5, 0.6) is 0 Å². The van der Waals surface area contributed by atoms with Gasteiger partial charge in [-0.15, -0.1) is 0 Å². The molecule has 0 saturated heterocycles. The fourth-order valence-corrected chi connectivity index (χ4v) is 3.72. The number of H-pyrrole nitrogens is 1. The summed E-state index contributed by atoms with van der Waals surface area (Å²) in [6.45, 7) is 4.43. The van der Waals surface area contributed by atoms with E-state index in [0.717, 1.165) is 17.0 Å². The molecular weight excluding hydrogens is 306 g/mol. The molecule has 0 atom stereocenters. The van der Waals surface area contributed by atoms with Crippen molar-refractivity contribution in [3.8, 4) is 5.82 Å². The van der Waals surface area contributed by atoms with Crippen LogP contribution >= 0.6 is 0 Å². The molecule has 3 heteroatoms. The normalized spacial score (nSPS) is 12.0. The molecule has 0 aliphatic rings. The Balaban J connectivity index is 1.95. The molecule has 25 heavy (non-hydrogen) atoms. The van der Waals surface area contributed by atoms with Gasteiger partial charge in [0.05, 0.1) is 5.52 Å². The monoisotopic (exact) mass is 325 g/mol. The van der Waals surface area contributed by atoms with Crippen molar-refractivity contribution in [2.24, 2.45) is 0 Å². The zero-order valence-corrected chi connectivity index (χ0v) is 14.3. The Bertz CT molecular complexity index is 1220. The number of fused-ring (bicyclic) bond motifs is 5. The molecule has 0 saturated carbocycles.